The fourth-order valence-corrected chi connectivity index (χ4v) is 2.37. The van der Waals surface area contributed by atoms with E-state index in [0.29, 0.717) is 15.6 Å². The third-order valence-corrected chi connectivity index (χ3v) is 3.48. The number of halogens is 5. The molecule has 1 aromatic carbocycles. The van der Waals surface area contributed by atoms with Gasteiger partial charge in [-0.05, 0) is 18.2 Å². The Hall–Kier alpha value is -1.93. The van der Waals surface area contributed by atoms with Gasteiger partial charge in [0.15, 0.2) is 5.69 Å². The van der Waals surface area contributed by atoms with Crippen molar-refractivity contribution in [1.29, 1.82) is 0 Å². The van der Waals surface area contributed by atoms with E-state index < -0.39 is 11.9 Å². The van der Waals surface area contributed by atoms with E-state index in [1.807, 2.05) is 0 Å². The summed E-state index contributed by atoms with van der Waals surface area (Å²) in [7, 11) is 2.67. The van der Waals surface area contributed by atoms with Crippen molar-refractivity contribution in [2.45, 2.75) is 6.18 Å². The normalized spacial score (nSPS) is 12.4. The largest absolute Gasteiger partial charge is 0.471 e. The van der Waals surface area contributed by atoms with Gasteiger partial charge in [-0.15, -0.1) is 0 Å². The summed E-state index contributed by atoms with van der Waals surface area (Å²) in [4.78, 5) is 4.74. The molecule has 10 heteroatoms. The highest BCUT2D eigenvalue weighted by Crippen LogP contribution is 2.30. The van der Waals surface area contributed by atoms with Gasteiger partial charge in [0.2, 0.25) is 5.88 Å². The van der Waals surface area contributed by atoms with Crippen LogP contribution in [0, 0.1) is 0 Å². The van der Waals surface area contributed by atoms with Crippen LogP contribution in [0.15, 0.2) is 29.4 Å². The van der Waals surface area contributed by atoms with Crippen molar-refractivity contribution in [3.05, 3.63) is 45.6 Å². The Balaban J connectivity index is 2.21. The Labute approximate surface area is 145 Å². The van der Waals surface area contributed by atoms with Crippen LogP contribution in [0.1, 0.15) is 11.3 Å². The highest BCUT2D eigenvalue weighted by Gasteiger charge is 2.35. The molecule has 0 saturated heterocycles. The molecule has 0 unspecified atom stereocenters. The van der Waals surface area contributed by atoms with Crippen molar-refractivity contribution < 1.29 is 22.7 Å². The van der Waals surface area contributed by atoms with Gasteiger partial charge >= 0.3 is 6.18 Å². The van der Waals surface area contributed by atoms with Crippen LogP contribution in [0.2, 0.25) is 10.0 Å². The summed E-state index contributed by atoms with van der Waals surface area (Å²) in [6.45, 7) is -0.175. The van der Waals surface area contributed by atoms with E-state index >= 15 is 0 Å². The molecule has 0 radical (unpaired) electrons. The zero-order chi connectivity index (χ0) is 17.9. The molecule has 0 aliphatic heterocycles. The van der Waals surface area contributed by atoms with Gasteiger partial charge in [-0.2, -0.15) is 18.3 Å². The quantitative estimate of drug-likeness (QED) is 0.576. The molecule has 0 aliphatic carbocycles. The van der Waals surface area contributed by atoms with E-state index in [1.165, 1.54) is 20.2 Å². The van der Waals surface area contributed by atoms with Crippen molar-refractivity contribution >= 4 is 28.9 Å². The molecule has 1 heterocycles. The number of aromatic nitrogens is 2. The van der Waals surface area contributed by atoms with Gasteiger partial charge in [0.25, 0.3) is 0 Å². The van der Waals surface area contributed by atoms with Gasteiger partial charge in [0.05, 0.1) is 5.02 Å². The number of hydrogen-bond acceptors (Lipinski definition) is 4. The first-order valence-electron chi connectivity index (χ1n) is 6.52. The lowest BCUT2D eigenvalue weighted by molar-refractivity contribution is -0.141. The van der Waals surface area contributed by atoms with Crippen molar-refractivity contribution in [3.8, 4) is 5.88 Å². The van der Waals surface area contributed by atoms with Crippen molar-refractivity contribution in [1.82, 2.24) is 9.78 Å². The predicted molar refractivity (Wildman–Crippen MR) is 83.7 cm³/mol. The molecule has 0 saturated carbocycles. The van der Waals surface area contributed by atoms with E-state index in [-0.39, 0.29) is 18.2 Å². The third kappa shape index (κ3) is 4.33. The van der Waals surface area contributed by atoms with Crippen LogP contribution in [-0.4, -0.2) is 29.2 Å². The molecule has 0 aliphatic rings. The monoisotopic (exact) mass is 381 g/mol. The molecule has 0 atom stereocenters. The average molecular weight is 382 g/mol. The molecular weight excluding hydrogens is 370 g/mol. The van der Waals surface area contributed by atoms with Crippen LogP contribution in [0.5, 0.6) is 5.88 Å². The average Bonchev–Trinajstić information content (AvgIpc) is 2.85. The van der Waals surface area contributed by atoms with E-state index in [4.69, 9.17) is 32.8 Å². The number of alkyl halides is 3. The Morgan fingerprint density at radius 1 is 1.29 bits per heavy atom. The van der Waals surface area contributed by atoms with Gasteiger partial charge in [0.1, 0.15) is 19.4 Å². The minimum absolute atomic E-state index is 0.0729. The fourth-order valence-electron chi connectivity index (χ4n) is 1.85. The van der Waals surface area contributed by atoms with Gasteiger partial charge in [-0.3, -0.25) is 0 Å². The zero-order valence-electron chi connectivity index (χ0n) is 12.6. The first-order chi connectivity index (χ1) is 11.2. The number of aryl methyl sites for hydroxylation is 1. The Kier molecular flexibility index (Phi) is 5.61. The Morgan fingerprint density at radius 3 is 2.54 bits per heavy atom. The van der Waals surface area contributed by atoms with Crippen LogP contribution >= 0.6 is 23.2 Å². The number of oxime groups is 1. The first kappa shape index (κ1) is 18.4. The summed E-state index contributed by atoms with van der Waals surface area (Å²) in [5, 5.41) is 7.90. The molecule has 0 bridgehead atoms. The Morgan fingerprint density at radius 2 is 2.00 bits per heavy atom. The minimum atomic E-state index is -4.55. The van der Waals surface area contributed by atoms with Crippen molar-refractivity contribution in [2.24, 2.45) is 12.2 Å². The molecule has 130 valence electrons. The molecule has 0 fully saturated rings. The summed E-state index contributed by atoms with van der Waals surface area (Å²) < 4.78 is 44.3. The van der Waals surface area contributed by atoms with Crippen molar-refractivity contribution in [3.63, 3.8) is 0 Å². The zero-order valence-corrected chi connectivity index (χ0v) is 14.1. The topological polar surface area (TPSA) is 48.6 Å². The van der Waals surface area contributed by atoms with Gasteiger partial charge < -0.3 is 9.57 Å². The van der Waals surface area contributed by atoms with Crippen LogP contribution in [-0.2, 0) is 18.1 Å². The second-order valence-electron chi connectivity index (χ2n) is 4.62. The maximum atomic E-state index is 12.7. The van der Waals surface area contributed by atoms with E-state index in [1.54, 1.807) is 12.1 Å². The predicted octanol–water partition coefficient (Wildman–Crippen LogP) is 4.18. The molecule has 24 heavy (non-hydrogen) atoms. The first-order valence-corrected chi connectivity index (χ1v) is 7.27. The van der Waals surface area contributed by atoms with Crippen LogP contribution in [0.3, 0.4) is 0 Å². The SMILES string of the molecule is CON=C(COc1cc(C(F)(F)F)nn1C)c1ccc(Cl)cc1Cl. The van der Waals surface area contributed by atoms with Gasteiger partial charge in [0, 0.05) is 23.7 Å². The molecular formula is C14H12Cl2F3N3O2. The molecule has 0 amide bonds. The Bertz CT molecular complexity index is 760. The van der Waals surface area contributed by atoms with E-state index in [2.05, 4.69) is 10.3 Å². The number of rotatable bonds is 5. The number of ether oxygens (including phenoxy) is 1. The van der Waals surface area contributed by atoms with Crippen LogP contribution in [0.25, 0.3) is 0 Å². The lowest BCUT2D eigenvalue weighted by Crippen LogP contribution is -2.15. The molecule has 2 aromatic rings. The lowest BCUT2D eigenvalue weighted by Gasteiger charge is -2.10. The van der Waals surface area contributed by atoms with Crippen LogP contribution in [0.4, 0.5) is 13.2 Å². The summed E-state index contributed by atoms with van der Waals surface area (Å²) in [5.41, 5.74) is -0.273. The summed E-state index contributed by atoms with van der Waals surface area (Å²) in [5.74, 6) is -0.0729. The van der Waals surface area contributed by atoms with Gasteiger partial charge in [-0.1, -0.05) is 28.4 Å². The standard InChI is InChI=1S/C14H12Cl2F3N3O2/c1-22-13(6-12(20-22)14(17,18)19)24-7-11(21-23-2)9-4-3-8(15)5-10(9)16/h3-6H,7H2,1-2H3. The maximum Gasteiger partial charge on any atom is 0.435 e. The smallest absolute Gasteiger partial charge is 0.435 e. The maximum absolute atomic E-state index is 12.7. The molecule has 2 rings (SSSR count). The highest BCUT2D eigenvalue weighted by atomic mass is 35.5. The van der Waals surface area contributed by atoms with Crippen molar-refractivity contribution in [2.75, 3.05) is 13.7 Å². The second kappa shape index (κ2) is 7.31. The van der Waals surface area contributed by atoms with E-state index in [9.17, 15) is 13.2 Å². The summed E-state index contributed by atoms with van der Waals surface area (Å²) in [6, 6.07) is 5.51. The summed E-state index contributed by atoms with van der Waals surface area (Å²) >= 11 is 11.9. The third-order valence-electron chi connectivity index (χ3n) is 2.93. The van der Waals surface area contributed by atoms with Gasteiger partial charge in [-0.25, -0.2) is 4.68 Å². The molecule has 1 aromatic heterocycles. The summed E-state index contributed by atoms with van der Waals surface area (Å²) in [6.07, 6.45) is -4.55. The number of benzene rings is 1. The van der Waals surface area contributed by atoms with Crippen LogP contribution < -0.4 is 4.74 Å². The molecule has 5 nitrogen and oxygen atoms in total. The molecule has 0 N–H and O–H groups in total. The highest BCUT2D eigenvalue weighted by molar-refractivity contribution is 6.37. The number of nitrogens with zero attached hydrogens (tertiary/aromatic N) is 3. The number of hydrogen-bond donors (Lipinski definition) is 0. The fraction of sp³-hybridized carbons (Fsp3) is 0.286. The molecule has 0 spiro atoms. The lowest BCUT2D eigenvalue weighted by atomic mass is 10.1. The minimum Gasteiger partial charge on any atom is -0.471 e. The second-order valence-corrected chi connectivity index (χ2v) is 5.47. The van der Waals surface area contributed by atoms with E-state index in [0.717, 1.165) is 10.7 Å².